The van der Waals surface area contributed by atoms with Crippen LogP contribution in [-0.4, -0.2) is 22.0 Å². The van der Waals surface area contributed by atoms with Crippen molar-refractivity contribution in [1.29, 1.82) is 0 Å². The number of halogens is 1. The van der Waals surface area contributed by atoms with Crippen LogP contribution in [0.2, 0.25) is 0 Å². The van der Waals surface area contributed by atoms with Crippen molar-refractivity contribution in [1.82, 2.24) is 14.9 Å². The minimum Gasteiger partial charge on any atom is -0.352 e. The topological polar surface area (TPSA) is 46.9 Å². The van der Waals surface area contributed by atoms with Crippen LogP contribution in [0.15, 0.2) is 35.3 Å². The molecule has 0 saturated carbocycles. The third kappa shape index (κ3) is 2.06. The predicted molar refractivity (Wildman–Crippen MR) is 71.5 cm³/mol. The van der Waals surface area contributed by atoms with Gasteiger partial charge in [0.05, 0.1) is 6.33 Å². The fourth-order valence-electron chi connectivity index (χ4n) is 2.23. The third-order valence-electron chi connectivity index (χ3n) is 3.08. The van der Waals surface area contributed by atoms with Gasteiger partial charge in [-0.2, -0.15) is 0 Å². The highest BCUT2D eigenvalue weighted by Gasteiger charge is 2.19. The summed E-state index contributed by atoms with van der Waals surface area (Å²) >= 11 is 3.56. The van der Waals surface area contributed by atoms with Gasteiger partial charge in [0.15, 0.2) is 0 Å². The molecule has 0 radical (unpaired) electrons. The minimum absolute atomic E-state index is 0.0180. The summed E-state index contributed by atoms with van der Waals surface area (Å²) in [4.78, 5) is 15.9. The Kier molecular flexibility index (Phi) is 2.91. The molecule has 2 aromatic rings. The average molecular weight is 306 g/mol. The van der Waals surface area contributed by atoms with Crippen molar-refractivity contribution in [3.05, 3.63) is 52.0 Å². The molecule has 0 fully saturated rings. The van der Waals surface area contributed by atoms with Gasteiger partial charge in [0.25, 0.3) is 5.91 Å². The highest BCUT2D eigenvalue weighted by atomic mass is 79.9. The SMILES string of the molecule is O=C1NCCc2c(Br)cc(Cn3ccnc3)cc21. The highest BCUT2D eigenvalue weighted by Crippen LogP contribution is 2.26. The molecule has 1 N–H and O–H groups in total. The fourth-order valence-corrected chi connectivity index (χ4v) is 2.93. The fraction of sp³-hybridized carbons (Fsp3) is 0.231. The van der Waals surface area contributed by atoms with Gasteiger partial charge in [-0.15, -0.1) is 0 Å². The molecule has 1 aliphatic heterocycles. The first-order valence-corrected chi connectivity index (χ1v) is 6.58. The number of aromatic nitrogens is 2. The van der Waals surface area contributed by atoms with Crippen LogP contribution in [-0.2, 0) is 13.0 Å². The summed E-state index contributed by atoms with van der Waals surface area (Å²) < 4.78 is 3.00. The van der Waals surface area contributed by atoms with E-state index in [0.29, 0.717) is 6.54 Å². The predicted octanol–water partition coefficient (Wildman–Crippen LogP) is 1.98. The van der Waals surface area contributed by atoms with Crippen molar-refractivity contribution in [2.75, 3.05) is 6.54 Å². The van der Waals surface area contributed by atoms with E-state index in [1.165, 1.54) is 0 Å². The lowest BCUT2D eigenvalue weighted by atomic mass is 9.98. The molecule has 1 aromatic carbocycles. The molecular weight excluding hydrogens is 294 g/mol. The van der Waals surface area contributed by atoms with Crippen molar-refractivity contribution in [3.63, 3.8) is 0 Å². The number of nitrogens with one attached hydrogen (secondary N) is 1. The zero-order chi connectivity index (χ0) is 12.5. The van der Waals surface area contributed by atoms with E-state index in [-0.39, 0.29) is 5.91 Å². The van der Waals surface area contributed by atoms with Gasteiger partial charge in [-0.1, -0.05) is 15.9 Å². The molecule has 1 aromatic heterocycles. The van der Waals surface area contributed by atoms with Crippen molar-refractivity contribution in [2.45, 2.75) is 13.0 Å². The summed E-state index contributed by atoms with van der Waals surface area (Å²) in [5, 5.41) is 2.87. The molecule has 0 saturated heterocycles. The van der Waals surface area contributed by atoms with Crippen LogP contribution in [0, 0.1) is 0 Å². The molecule has 18 heavy (non-hydrogen) atoms. The zero-order valence-electron chi connectivity index (χ0n) is 9.69. The highest BCUT2D eigenvalue weighted by molar-refractivity contribution is 9.10. The minimum atomic E-state index is 0.0180. The zero-order valence-corrected chi connectivity index (χ0v) is 11.3. The lowest BCUT2D eigenvalue weighted by Gasteiger charge is -2.19. The summed E-state index contributed by atoms with van der Waals surface area (Å²) in [6, 6.07) is 4.05. The van der Waals surface area contributed by atoms with Crippen LogP contribution in [0.5, 0.6) is 0 Å². The monoisotopic (exact) mass is 305 g/mol. The van der Waals surface area contributed by atoms with Gasteiger partial charge in [0, 0.05) is 35.5 Å². The number of rotatable bonds is 2. The van der Waals surface area contributed by atoms with E-state index in [4.69, 9.17) is 0 Å². The van der Waals surface area contributed by atoms with Crippen molar-refractivity contribution in [3.8, 4) is 0 Å². The Morgan fingerprint density at radius 1 is 1.44 bits per heavy atom. The number of nitrogens with zero attached hydrogens (tertiary/aromatic N) is 2. The summed E-state index contributed by atoms with van der Waals surface area (Å²) in [5.41, 5.74) is 2.98. The van der Waals surface area contributed by atoms with Gasteiger partial charge in [0.1, 0.15) is 0 Å². The Morgan fingerprint density at radius 3 is 3.11 bits per heavy atom. The van der Waals surface area contributed by atoms with Gasteiger partial charge < -0.3 is 9.88 Å². The van der Waals surface area contributed by atoms with Gasteiger partial charge in [0.2, 0.25) is 0 Å². The van der Waals surface area contributed by atoms with Crippen LogP contribution in [0.4, 0.5) is 0 Å². The summed E-state index contributed by atoms with van der Waals surface area (Å²) in [6.07, 6.45) is 6.31. The average Bonchev–Trinajstić information content (AvgIpc) is 2.83. The van der Waals surface area contributed by atoms with E-state index in [1.54, 1.807) is 12.5 Å². The Bertz CT molecular complexity index is 593. The Labute approximate surface area is 113 Å². The Morgan fingerprint density at radius 2 is 2.33 bits per heavy atom. The Balaban J connectivity index is 2.00. The van der Waals surface area contributed by atoms with Crippen molar-refractivity contribution in [2.24, 2.45) is 0 Å². The van der Waals surface area contributed by atoms with Crippen molar-refractivity contribution < 1.29 is 4.79 Å². The molecule has 0 aliphatic carbocycles. The van der Waals surface area contributed by atoms with Gasteiger partial charge in [-0.25, -0.2) is 4.98 Å². The molecule has 5 heteroatoms. The number of hydrogen-bond acceptors (Lipinski definition) is 2. The molecule has 2 heterocycles. The van der Waals surface area contributed by atoms with Gasteiger partial charge >= 0.3 is 0 Å². The maximum atomic E-state index is 11.8. The van der Waals surface area contributed by atoms with E-state index in [1.807, 2.05) is 16.8 Å². The summed E-state index contributed by atoms with van der Waals surface area (Å²) in [6.45, 7) is 1.43. The van der Waals surface area contributed by atoms with Crippen LogP contribution < -0.4 is 5.32 Å². The number of carbonyl (C=O) groups is 1. The van der Waals surface area contributed by atoms with Crippen LogP contribution in [0.1, 0.15) is 21.5 Å². The van der Waals surface area contributed by atoms with Crippen molar-refractivity contribution >= 4 is 21.8 Å². The van der Waals surface area contributed by atoms with Crippen LogP contribution in [0.3, 0.4) is 0 Å². The molecular formula is C13H12BrN3O. The van der Waals surface area contributed by atoms with E-state index in [9.17, 15) is 4.79 Å². The largest absolute Gasteiger partial charge is 0.352 e. The van der Waals surface area contributed by atoms with Crippen LogP contribution in [0.25, 0.3) is 0 Å². The number of benzene rings is 1. The molecule has 92 valence electrons. The molecule has 0 atom stereocenters. The van der Waals surface area contributed by atoms with E-state index >= 15 is 0 Å². The molecule has 4 nitrogen and oxygen atoms in total. The second kappa shape index (κ2) is 4.57. The number of imidazole rings is 1. The van der Waals surface area contributed by atoms with E-state index in [0.717, 1.165) is 34.1 Å². The molecule has 1 amide bonds. The third-order valence-corrected chi connectivity index (χ3v) is 3.79. The van der Waals surface area contributed by atoms with E-state index < -0.39 is 0 Å². The molecule has 0 spiro atoms. The van der Waals surface area contributed by atoms with Gasteiger partial charge in [-0.3, -0.25) is 4.79 Å². The van der Waals surface area contributed by atoms with E-state index in [2.05, 4.69) is 32.3 Å². The maximum absolute atomic E-state index is 11.8. The molecule has 1 aliphatic rings. The molecule has 3 rings (SSSR count). The first-order valence-electron chi connectivity index (χ1n) is 5.79. The molecule has 0 unspecified atom stereocenters. The first kappa shape index (κ1) is 11.5. The molecule has 0 bridgehead atoms. The standard InChI is InChI=1S/C13H12BrN3O/c14-12-6-9(7-17-4-3-15-8-17)5-11-10(12)1-2-16-13(11)18/h3-6,8H,1-2,7H2,(H,16,18). The normalized spacial score (nSPS) is 14.2. The smallest absolute Gasteiger partial charge is 0.251 e. The summed E-state index contributed by atoms with van der Waals surface area (Å²) in [5.74, 6) is 0.0180. The first-order chi connectivity index (χ1) is 8.74. The quantitative estimate of drug-likeness (QED) is 0.922. The second-order valence-corrected chi connectivity index (χ2v) is 5.20. The Hall–Kier alpha value is -1.62. The second-order valence-electron chi connectivity index (χ2n) is 4.34. The lowest BCUT2D eigenvalue weighted by Crippen LogP contribution is -2.32. The number of hydrogen-bond donors (Lipinski definition) is 1. The number of amides is 1. The summed E-state index contributed by atoms with van der Waals surface area (Å²) in [7, 11) is 0. The lowest BCUT2D eigenvalue weighted by molar-refractivity contribution is 0.0945. The maximum Gasteiger partial charge on any atom is 0.251 e. The van der Waals surface area contributed by atoms with Gasteiger partial charge in [-0.05, 0) is 29.7 Å². The number of fused-ring (bicyclic) bond motifs is 1. The van der Waals surface area contributed by atoms with Crippen LogP contribution >= 0.6 is 15.9 Å². The number of carbonyl (C=O) groups excluding carboxylic acids is 1.